The molecule has 1 aromatic heterocycles. The maximum absolute atomic E-state index is 11.4. The fraction of sp³-hybridized carbons (Fsp3) is 0. The molecule has 0 amide bonds. The zero-order valence-corrected chi connectivity index (χ0v) is 10.2. The Morgan fingerprint density at radius 1 is 0.900 bits per heavy atom. The molecule has 0 fully saturated rings. The molecule has 3 aromatic rings. The third kappa shape index (κ3) is 1.68. The molecular weight excluding hydrogens is 258 g/mol. The van der Waals surface area contributed by atoms with Crippen LogP contribution in [0.4, 0.5) is 0 Å². The summed E-state index contributed by atoms with van der Waals surface area (Å²) in [6, 6.07) is 10.8. The number of carboxylic acids is 2. The summed E-state index contributed by atoms with van der Waals surface area (Å²) in [7, 11) is 0. The molecule has 2 aromatic carbocycles. The molecule has 0 saturated heterocycles. The van der Waals surface area contributed by atoms with Crippen molar-refractivity contribution in [1.82, 2.24) is 4.98 Å². The van der Waals surface area contributed by atoms with Crippen molar-refractivity contribution in [3.8, 4) is 0 Å². The second kappa shape index (κ2) is 4.31. The fourth-order valence-corrected chi connectivity index (χ4v) is 2.33. The van der Waals surface area contributed by atoms with Crippen LogP contribution in [0.25, 0.3) is 21.7 Å². The Morgan fingerprint density at radius 3 is 2.35 bits per heavy atom. The van der Waals surface area contributed by atoms with E-state index in [1.54, 1.807) is 12.1 Å². The summed E-state index contributed by atoms with van der Waals surface area (Å²) in [6.07, 6.45) is 1.10. The highest BCUT2D eigenvalue weighted by atomic mass is 16.4. The van der Waals surface area contributed by atoms with Gasteiger partial charge in [0.2, 0.25) is 0 Å². The van der Waals surface area contributed by atoms with Gasteiger partial charge in [0.05, 0.1) is 16.6 Å². The van der Waals surface area contributed by atoms with E-state index in [0.717, 1.165) is 17.0 Å². The molecule has 0 aliphatic heterocycles. The molecule has 1 heterocycles. The fourth-order valence-electron chi connectivity index (χ4n) is 2.33. The quantitative estimate of drug-likeness (QED) is 0.697. The lowest BCUT2D eigenvalue weighted by atomic mass is 9.99. The van der Waals surface area contributed by atoms with Gasteiger partial charge in [-0.15, -0.1) is 0 Å². The average Bonchev–Trinajstić information content (AvgIpc) is 2.45. The molecule has 3 rings (SSSR count). The molecule has 5 nitrogen and oxygen atoms in total. The first-order chi connectivity index (χ1) is 9.59. The van der Waals surface area contributed by atoms with Crippen molar-refractivity contribution < 1.29 is 19.8 Å². The third-order valence-corrected chi connectivity index (χ3v) is 3.21. The van der Waals surface area contributed by atoms with Gasteiger partial charge in [0.1, 0.15) is 0 Å². The number of aromatic carboxylic acids is 2. The largest absolute Gasteiger partial charge is 0.478 e. The Balaban J connectivity index is 2.52. The number of pyridine rings is 1. The van der Waals surface area contributed by atoms with Crippen LogP contribution in [0.15, 0.2) is 42.6 Å². The molecule has 0 saturated carbocycles. The van der Waals surface area contributed by atoms with E-state index in [2.05, 4.69) is 4.98 Å². The smallest absolute Gasteiger partial charge is 0.338 e. The van der Waals surface area contributed by atoms with Gasteiger partial charge in [-0.25, -0.2) is 9.59 Å². The molecule has 0 aliphatic rings. The van der Waals surface area contributed by atoms with Crippen molar-refractivity contribution in [2.45, 2.75) is 0 Å². The zero-order chi connectivity index (χ0) is 14.3. The van der Waals surface area contributed by atoms with Crippen molar-refractivity contribution in [2.24, 2.45) is 0 Å². The number of rotatable bonds is 2. The molecule has 0 bridgehead atoms. The van der Waals surface area contributed by atoms with E-state index in [4.69, 9.17) is 5.11 Å². The number of carbonyl (C=O) groups is 2. The number of fused-ring (bicyclic) bond motifs is 3. The minimum absolute atomic E-state index is 0.228. The first-order valence-electron chi connectivity index (χ1n) is 5.86. The first-order valence-corrected chi connectivity index (χ1v) is 5.86. The summed E-state index contributed by atoms with van der Waals surface area (Å²) in [5.74, 6) is -2.57. The predicted molar refractivity (Wildman–Crippen MR) is 73.2 cm³/mol. The Kier molecular flexibility index (Phi) is 2.61. The van der Waals surface area contributed by atoms with Crippen molar-refractivity contribution in [3.63, 3.8) is 0 Å². The second-order valence-electron chi connectivity index (χ2n) is 4.34. The standard InChI is InChI=1S/C15H9NO4/c17-14(18)11-7-16-13-9-4-2-1-3-8(9)5-6-10(13)12(11)15(19)20/h1-7H,(H,17,18)(H,19,20). The van der Waals surface area contributed by atoms with Crippen LogP contribution in [0.1, 0.15) is 20.7 Å². The highest BCUT2D eigenvalue weighted by molar-refractivity contribution is 6.16. The van der Waals surface area contributed by atoms with Gasteiger partial charge in [-0.3, -0.25) is 4.98 Å². The average molecular weight is 267 g/mol. The zero-order valence-electron chi connectivity index (χ0n) is 10.2. The van der Waals surface area contributed by atoms with Gasteiger partial charge >= 0.3 is 11.9 Å². The first kappa shape index (κ1) is 12.1. The van der Waals surface area contributed by atoms with Gasteiger partial charge in [-0.2, -0.15) is 0 Å². The Morgan fingerprint density at radius 2 is 1.65 bits per heavy atom. The third-order valence-electron chi connectivity index (χ3n) is 3.21. The minimum Gasteiger partial charge on any atom is -0.478 e. The summed E-state index contributed by atoms with van der Waals surface area (Å²) in [5, 5.41) is 20.4. The van der Waals surface area contributed by atoms with Crippen LogP contribution < -0.4 is 0 Å². The summed E-state index contributed by atoms with van der Waals surface area (Å²) in [5.41, 5.74) is -0.0426. The summed E-state index contributed by atoms with van der Waals surface area (Å²) in [6.45, 7) is 0. The number of aromatic nitrogens is 1. The maximum atomic E-state index is 11.4. The Bertz CT molecular complexity index is 870. The monoisotopic (exact) mass is 267 g/mol. The van der Waals surface area contributed by atoms with E-state index >= 15 is 0 Å². The van der Waals surface area contributed by atoms with E-state index in [1.807, 2.05) is 24.3 Å². The number of carboxylic acid groups (broad SMARTS) is 2. The minimum atomic E-state index is -1.30. The predicted octanol–water partition coefficient (Wildman–Crippen LogP) is 2.78. The molecule has 5 heteroatoms. The highest BCUT2D eigenvalue weighted by Crippen LogP contribution is 2.27. The normalized spacial score (nSPS) is 10.8. The molecular formula is C15H9NO4. The van der Waals surface area contributed by atoms with E-state index < -0.39 is 11.9 Å². The van der Waals surface area contributed by atoms with E-state index in [-0.39, 0.29) is 11.1 Å². The van der Waals surface area contributed by atoms with Crippen molar-refractivity contribution in [3.05, 3.63) is 53.7 Å². The summed E-state index contributed by atoms with van der Waals surface area (Å²) in [4.78, 5) is 26.6. The lowest BCUT2D eigenvalue weighted by Gasteiger charge is -2.08. The number of nitrogens with zero attached hydrogens (tertiary/aromatic N) is 1. The van der Waals surface area contributed by atoms with Gasteiger partial charge in [0.25, 0.3) is 0 Å². The van der Waals surface area contributed by atoms with Gasteiger partial charge in [-0.1, -0.05) is 36.4 Å². The Labute approximate surface area is 113 Å². The van der Waals surface area contributed by atoms with Crippen LogP contribution in [0, 0.1) is 0 Å². The molecule has 0 spiro atoms. The molecule has 0 radical (unpaired) electrons. The van der Waals surface area contributed by atoms with Crippen LogP contribution in [-0.4, -0.2) is 27.1 Å². The van der Waals surface area contributed by atoms with Crippen molar-refractivity contribution >= 4 is 33.6 Å². The van der Waals surface area contributed by atoms with Crippen LogP contribution >= 0.6 is 0 Å². The molecule has 0 unspecified atom stereocenters. The molecule has 2 N–H and O–H groups in total. The van der Waals surface area contributed by atoms with Crippen LogP contribution in [0.5, 0.6) is 0 Å². The van der Waals surface area contributed by atoms with Gasteiger partial charge in [0.15, 0.2) is 0 Å². The Hall–Kier alpha value is -2.95. The van der Waals surface area contributed by atoms with E-state index in [9.17, 15) is 14.7 Å². The van der Waals surface area contributed by atoms with E-state index in [0.29, 0.717) is 10.9 Å². The number of hydrogen-bond donors (Lipinski definition) is 2. The number of hydrogen-bond acceptors (Lipinski definition) is 3. The summed E-state index contributed by atoms with van der Waals surface area (Å²) < 4.78 is 0. The SMILES string of the molecule is O=C(O)c1cnc2c(ccc3ccccc32)c1C(=O)O. The lowest BCUT2D eigenvalue weighted by Crippen LogP contribution is -2.09. The highest BCUT2D eigenvalue weighted by Gasteiger charge is 2.20. The van der Waals surface area contributed by atoms with Gasteiger partial charge in [0, 0.05) is 17.0 Å². The lowest BCUT2D eigenvalue weighted by molar-refractivity contribution is 0.0653. The van der Waals surface area contributed by atoms with Gasteiger partial charge in [-0.05, 0) is 5.39 Å². The van der Waals surface area contributed by atoms with Crippen molar-refractivity contribution in [1.29, 1.82) is 0 Å². The van der Waals surface area contributed by atoms with Crippen LogP contribution in [0.3, 0.4) is 0 Å². The topological polar surface area (TPSA) is 87.5 Å². The van der Waals surface area contributed by atoms with Gasteiger partial charge < -0.3 is 10.2 Å². The second-order valence-corrected chi connectivity index (χ2v) is 4.34. The van der Waals surface area contributed by atoms with Crippen LogP contribution in [-0.2, 0) is 0 Å². The maximum Gasteiger partial charge on any atom is 0.338 e. The molecule has 20 heavy (non-hydrogen) atoms. The van der Waals surface area contributed by atoms with Crippen molar-refractivity contribution in [2.75, 3.05) is 0 Å². The molecule has 0 atom stereocenters. The summed E-state index contributed by atoms with van der Waals surface area (Å²) >= 11 is 0. The molecule has 98 valence electrons. The number of benzene rings is 2. The molecule has 0 aliphatic carbocycles. The van der Waals surface area contributed by atoms with Crippen LogP contribution in [0.2, 0.25) is 0 Å². The van der Waals surface area contributed by atoms with E-state index in [1.165, 1.54) is 0 Å².